The molecule has 10 heteroatoms. The molecule has 1 unspecified atom stereocenters. The molecule has 1 aromatic carbocycles. The predicted octanol–water partition coefficient (Wildman–Crippen LogP) is 1.64. The highest BCUT2D eigenvalue weighted by Crippen LogP contribution is 2.13. The van der Waals surface area contributed by atoms with Gasteiger partial charge in [0, 0.05) is 45.8 Å². The Morgan fingerprint density at radius 1 is 1.16 bits per heavy atom. The number of nitrogens with one attached hydrogen (secondary N) is 3. The third-order valence-corrected chi connectivity index (χ3v) is 6.36. The average Bonchev–Trinajstić information content (AvgIpc) is 2.75. The maximum absolute atomic E-state index is 12.2. The van der Waals surface area contributed by atoms with Crippen molar-refractivity contribution in [1.29, 1.82) is 0 Å². The van der Waals surface area contributed by atoms with Crippen LogP contribution in [0.5, 0.6) is 0 Å². The second kappa shape index (κ2) is 15.0. The number of sulfonamides is 1. The van der Waals surface area contributed by atoms with Gasteiger partial charge in [-0.3, -0.25) is 9.89 Å². The summed E-state index contributed by atoms with van der Waals surface area (Å²) in [4.78, 5) is 6.69. The van der Waals surface area contributed by atoms with E-state index in [4.69, 9.17) is 4.74 Å². The molecule has 0 spiro atoms. The highest BCUT2D eigenvalue weighted by Gasteiger charge is 2.22. The summed E-state index contributed by atoms with van der Waals surface area (Å²) < 4.78 is 32.6. The SMILES string of the molecule is CN=C(NCCS(=O)(=O)NCc1ccccc1)NCC(CC(C)C)N1CCOCC1.I. The summed E-state index contributed by atoms with van der Waals surface area (Å²) in [6.45, 7) is 9.24. The lowest BCUT2D eigenvalue weighted by molar-refractivity contribution is 0.0132. The Labute approximate surface area is 204 Å². The Hall–Kier alpha value is -0.950. The van der Waals surface area contributed by atoms with Gasteiger partial charge in [0.15, 0.2) is 5.96 Å². The number of guanidine groups is 1. The zero-order valence-corrected chi connectivity index (χ0v) is 22.0. The number of aliphatic imine (C=N–C) groups is 1. The largest absolute Gasteiger partial charge is 0.379 e. The van der Waals surface area contributed by atoms with Crippen LogP contribution in [0.3, 0.4) is 0 Å². The molecule has 0 aromatic heterocycles. The summed E-state index contributed by atoms with van der Waals surface area (Å²) in [7, 11) is -1.67. The molecule has 1 atom stereocenters. The topological polar surface area (TPSA) is 95.1 Å². The molecule has 0 aliphatic carbocycles. The molecule has 0 saturated carbocycles. The molecular formula is C21H38IN5O3S. The summed E-state index contributed by atoms with van der Waals surface area (Å²) in [5, 5.41) is 6.47. The van der Waals surface area contributed by atoms with Crippen LogP contribution in [0.2, 0.25) is 0 Å². The molecule has 178 valence electrons. The van der Waals surface area contributed by atoms with E-state index in [2.05, 4.69) is 39.1 Å². The van der Waals surface area contributed by atoms with E-state index in [0.717, 1.165) is 44.8 Å². The van der Waals surface area contributed by atoms with E-state index in [1.165, 1.54) is 0 Å². The van der Waals surface area contributed by atoms with Crippen molar-refractivity contribution < 1.29 is 13.2 Å². The molecule has 1 saturated heterocycles. The predicted molar refractivity (Wildman–Crippen MR) is 137 cm³/mol. The molecule has 3 N–H and O–H groups in total. The quantitative estimate of drug-likeness (QED) is 0.214. The van der Waals surface area contributed by atoms with Crippen molar-refractivity contribution in [2.45, 2.75) is 32.9 Å². The van der Waals surface area contributed by atoms with Crippen LogP contribution in [0.4, 0.5) is 0 Å². The second-order valence-electron chi connectivity index (χ2n) is 7.94. The maximum atomic E-state index is 12.2. The van der Waals surface area contributed by atoms with Gasteiger partial charge >= 0.3 is 0 Å². The first-order valence-corrected chi connectivity index (χ1v) is 12.3. The van der Waals surface area contributed by atoms with Crippen LogP contribution in [0.1, 0.15) is 25.8 Å². The lowest BCUT2D eigenvalue weighted by Crippen LogP contribution is -2.51. The summed E-state index contributed by atoms with van der Waals surface area (Å²) in [6.07, 6.45) is 1.09. The number of nitrogens with zero attached hydrogens (tertiary/aromatic N) is 2. The Balaban J connectivity index is 0.00000480. The van der Waals surface area contributed by atoms with Gasteiger partial charge < -0.3 is 15.4 Å². The van der Waals surface area contributed by atoms with Gasteiger partial charge in [0.25, 0.3) is 0 Å². The third-order valence-electron chi connectivity index (χ3n) is 5.04. The first-order chi connectivity index (χ1) is 14.4. The fourth-order valence-electron chi connectivity index (χ4n) is 3.45. The average molecular weight is 568 g/mol. The number of morpholine rings is 1. The van der Waals surface area contributed by atoms with Gasteiger partial charge in [0.2, 0.25) is 10.0 Å². The lowest BCUT2D eigenvalue weighted by Gasteiger charge is -2.35. The van der Waals surface area contributed by atoms with E-state index in [-0.39, 0.29) is 36.3 Å². The van der Waals surface area contributed by atoms with Crippen LogP contribution in [-0.4, -0.2) is 77.5 Å². The monoisotopic (exact) mass is 567 g/mol. The Morgan fingerprint density at radius 2 is 1.84 bits per heavy atom. The van der Waals surface area contributed by atoms with Crippen LogP contribution in [-0.2, 0) is 21.3 Å². The summed E-state index contributed by atoms with van der Waals surface area (Å²) >= 11 is 0. The molecule has 1 aliphatic rings. The van der Waals surface area contributed by atoms with Crippen molar-refractivity contribution in [1.82, 2.24) is 20.3 Å². The van der Waals surface area contributed by atoms with E-state index in [1.807, 2.05) is 30.3 Å². The fraction of sp³-hybridized carbons (Fsp3) is 0.667. The van der Waals surface area contributed by atoms with Crippen molar-refractivity contribution in [3.05, 3.63) is 35.9 Å². The third kappa shape index (κ3) is 11.5. The minimum atomic E-state index is -3.37. The minimum Gasteiger partial charge on any atom is -0.379 e. The molecule has 1 aromatic rings. The first kappa shape index (κ1) is 28.1. The van der Waals surface area contributed by atoms with Gasteiger partial charge in [-0.2, -0.15) is 0 Å². The smallest absolute Gasteiger partial charge is 0.213 e. The summed E-state index contributed by atoms with van der Waals surface area (Å²) in [6, 6.07) is 9.88. The molecule has 0 amide bonds. The maximum Gasteiger partial charge on any atom is 0.213 e. The van der Waals surface area contributed by atoms with E-state index < -0.39 is 10.0 Å². The molecule has 0 radical (unpaired) electrons. The molecule has 8 nitrogen and oxygen atoms in total. The number of halogens is 1. The van der Waals surface area contributed by atoms with Gasteiger partial charge in [-0.05, 0) is 17.9 Å². The van der Waals surface area contributed by atoms with E-state index >= 15 is 0 Å². The standard InChI is InChI=1S/C21H37N5O3S.HI/c1-18(2)15-20(26-10-12-29-13-11-26)17-24-21(22-3)23-9-14-30(27,28)25-16-19-7-5-4-6-8-19;/h4-8,18,20,25H,9-17H2,1-3H3,(H2,22,23,24);1H. The van der Waals surface area contributed by atoms with Crippen molar-refractivity contribution in [3.8, 4) is 0 Å². The normalized spacial score (nSPS) is 16.6. The molecule has 1 heterocycles. The van der Waals surface area contributed by atoms with Crippen LogP contribution in [0.25, 0.3) is 0 Å². The minimum absolute atomic E-state index is 0. The van der Waals surface area contributed by atoms with E-state index in [1.54, 1.807) is 7.05 Å². The van der Waals surface area contributed by atoms with Crippen LogP contribution in [0.15, 0.2) is 35.3 Å². The Bertz CT molecular complexity index is 741. The van der Waals surface area contributed by atoms with Gasteiger partial charge in [-0.15, -0.1) is 24.0 Å². The van der Waals surface area contributed by atoms with Crippen molar-refractivity contribution in [3.63, 3.8) is 0 Å². The van der Waals surface area contributed by atoms with Gasteiger partial charge in [0.05, 0.1) is 19.0 Å². The molecule has 0 bridgehead atoms. The zero-order chi connectivity index (χ0) is 21.8. The first-order valence-electron chi connectivity index (χ1n) is 10.7. The second-order valence-corrected chi connectivity index (χ2v) is 9.86. The van der Waals surface area contributed by atoms with Gasteiger partial charge in [0.1, 0.15) is 0 Å². The summed E-state index contributed by atoms with van der Waals surface area (Å²) in [5.74, 6) is 1.20. The van der Waals surface area contributed by atoms with Gasteiger partial charge in [-0.1, -0.05) is 44.2 Å². The van der Waals surface area contributed by atoms with E-state index in [0.29, 0.717) is 24.5 Å². The van der Waals surface area contributed by atoms with Crippen molar-refractivity contribution >= 4 is 40.0 Å². The number of benzene rings is 1. The number of ether oxygens (including phenoxy) is 1. The molecule has 1 aliphatic heterocycles. The molecular weight excluding hydrogens is 529 g/mol. The highest BCUT2D eigenvalue weighted by atomic mass is 127. The van der Waals surface area contributed by atoms with Crippen molar-refractivity contribution in [2.24, 2.45) is 10.9 Å². The van der Waals surface area contributed by atoms with E-state index in [9.17, 15) is 8.42 Å². The van der Waals surface area contributed by atoms with Gasteiger partial charge in [-0.25, -0.2) is 13.1 Å². The van der Waals surface area contributed by atoms with Crippen LogP contribution >= 0.6 is 24.0 Å². The number of hydrogen-bond donors (Lipinski definition) is 3. The fourth-order valence-corrected chi connectivity index (χ4v) is 4.35. The lowest BCUT2D eigenvalue weighted by atomic mass is 10.0. The molecule has 2 rings (SSSR count). The Morgan fingerprint density at radius 3 is 2.45 bits per heavy atom. The highest BCUT2D eigenvalue weighted by molar-refractivity contribution is 14.0. The summed E-state index contributed by atoms with van der Waals surface area (Å²) in [5.41, 5.74) is 0.936. The molecule has 31 heavy (non-hydrogen) atoms. The zero-order valence-electron chi connectivity index (χ0n) is 18.8. The van der Waals surface area contributed by atoms with Crippen LogP contribution < -0.4 is 15.4 Å². The number of rotatable bonds is 11. The van der Waals surface area contributed by atoms with Crippen molar-refractivity contribution in [2.75, 3.05) is 52.2 Å². The Kier molecular flexibility index (Phi) is 13.6. The van der Waals surface area contributed by atoms with Crippen LogP contribution in [0, 0.1) is 5.92 Å². The molecule has 1 fully saturated rings. The number of hydrogen-bond acceptors (Lipinski definition) is 5.